The van der Waals surface area contributed by atoms with E-state index in [1.165, 1.54) is 0 Å². The fourth-order valence-corrected chi connectivity index (χ4v) is 1.13. The molecule has 0 saturated carbocycles. The summed E-state index contributed by atoms with van der Waals surface area (Å²) in [7, 11) is 0. The Labute approximate surface area is 74.1 Å². The molecule has 0 radical (unpaired) electrons. The van der Waals surface area contributed by atoms with Crippen molar-refractivity contribution < 1.29 is 4.63 Å². The zero-order chi connectivity index (χ0) is 9.26. The Morgan fingerprint density at radius 1 is 1.54 bits per heavy atom. The molecule has 0 aliphatic rings. The molecule has 6 nitrogen and oxygen atoms in total. The van der Waals surface area contributed by atoms with Gasteiger partial charge in [-0.2, -0.15) is 5.10 Å². The first-order chi connectivity index (χ1) is 6.33. The molecule has 0 bridgehead atoms. The topological polar surface area (TPSA) is 93.6 Å². The zero-order valence-electron chi connectivity index (χ0n) is 7.11. The molecule has 13 heavy (non-hydrogen) atoms. The van der Waals surface area contributed by atoms with Crippen LogP contribution in [0, 0.1) is 6.92 Å². The van der Waals surface area contributed by atoms with Crippen LogP contribution in [0.5, 0.6) is 0 Å². The first-order valence-corrected chi connectivity index (χ1v) is 3.84. The Balaban J connectivity index is 2.52. The van der Waals surface area contributed by atoms with Crippen LogP contribution in [0.4, 0.5) is 0 Å². The van der Waals surface area contributed by atoms with Crippen molar-refractivity contribution in [2.24, 2.45) is 5.73 Å². The van der Waals surface area contributed by atoms with Gasteiger partial charge in [0.15, 0.2) is 0 Å². The lowest BCUT2D eigenvalue weighted by Gasteiger charge is -1.92. The Morgan fingerprint density at radius 2 is 2.38 bits per heavy atom. The molecule has 2 rings (SSSR count). The molecule has 0 aliphatic heterocycles. The van der Waals surface area contributed by atoms with E-state index in [0.29, 0.717) is 17.9 Å². The average molecular weight is 179 g/mol. The van der Waals surface area contributed by atoms with Crippen LogP contribution in [0.2, 0.25) is 0 Å². The van der Waals surface area contributed by atoms with Crippen molar-refractivity contribution in [3.63, 3.8) is 0 Å². The standard InChI is InChI=1S/C7H9N5O/c1-4-5(3-9-10-4)7-6(2-8)11-13-12-7/h3H,2,8H2,1H3,(H,9,10). The summed E-state index contributed by atoms with van der Waals surface area (Å²) >= 11 is 0. The number of nitrogens with zero attached hydrogens (tertiary/aromatic N) is 3. The molecule has 0 fully saturated rings. The van der Waals surface area contributed by atoms with Crippen molar-refractivity contribution in [1.29, 1.82) is 0 Å². The molecule has 0 atom stereocenters. The van der Waals surface area contributed by atoms with E-state index in [9.17, 15) is 0 Å². The molecule has 68 valence electrons. The quantitative estimate of drug-likeness (QED) is 0.688. The van der Waals surface area contributed by atoms with Gasteiger partial charge in [-0.25, -0.2) is 4.63 Å². The van der Waals surface area contributed by atoms with E-state index in [1.807, 2.05) is 6.92 Å². The summed E-state index contributed by atoms with van der Waals surface area (Å²) in [6.07, 6.45) is 1.67. The van der Waals surface area contributed by atoms with Crippen molar-refractivity contribution in [2.75, 3.05) is 0 Å². The zero-order valence-corrected chi connectivity index (χ0v) is 7.11. The maximum atomic E-state index is 5.46. The second-order valence-corrected chi connectivity index (χ2v) is 2.67. The van der Waals surface area contributed by atoms with Gasteiger partial charge < -0.3 is 5.73 Å². The number of nitrogens with two attached hydrogens (primary N) is 1. The summed E-state index contributed by atoms with van der Waals surface area (Å²) in [5.74, 6) is 0. The van der Waals surface area contributed by atoms with Crippen LogP contribution in [0.3, 0.4) is 0 Å². The van der Waals surface area contributed by atoms with Crippen LogP contribution in [0.25, 0.3) is 11.3 Å². The predicted molar refractivity (Wildman–Crippen MR) is 44.5 cm³/mol. The van der Waals surface area contributed by atoms with Crippen LogP contribution in [0.15, 0.2) is 10.8 Å². The van der Waals surface area contributed by atoms with Gasteiger partial charge in [-0.05, 0) is 12.1 Å². The molecule has 2 heterocycles. The number of rotatable bonds is 2. The molecule has 0 aliphatic carbocycles. The van der Waals surface area contributed by atoms with Gasteiger partial charge in [-0.3, -0.25) is 5.10 Å². The highest BCUT2D eigenvalue weighted by Crippen LogP contribution is 2.21. The third kappa shape index (κ3) is 1.20. The van der Waals surface area contributed by atoms with Crippen LogP contribution in [-0.2, 0) is 6.54 Å². The van der Waals surface area contributed by atoms with Crippen LogP contribution < -0.4 is 5.73 Å². The second kappa shape index (κ2) is 2.98. The number of hydrogen-bond donors (Lipinski definition) is 2. The molecule has 0 amide bonds. The highest BCUT2D eigenvalue weighted by molar-refractivity contribution is 5.62. The molecule has 6 heteroatoms. The number of aromatic amines is 1. The van der Waals surface area contributed by atoms with Crippen molar-refractivity contribution >= 4 is 0 Å². The van der Waals surface area contributed by atoms with E-state index in [1.54, 1.807) is 6.20 Å². The maximum absolute atomic E-state index is 5.46. The Morgan fingerprint density at radius 3 is 3.00 bits per heavy atom. The summed E-state index contributed by atoms with van der Waals surface area (Å²) in [4.78, 5) is 0. The molecule has 0 spiro atoms. The van der Waals surface area contributed by atoms with E-state index >= 15 is 0 Å². The summed E-state index contributed by atoms with van der Waals surface area (Å²) in [5, 5.41) is 14.1. The first-order valence-electron chi connectivity index (χ1n) is 3.84. The van der Waals surface area contributed by atoms with Crippen molar-refractivity contribution in [1.82, 2.24) is 20.5 Å². The molecule has 0 saturated heterocycles. The fourth-order valence-electron chi connectivity index (χ4n) is 1.13. The molecular weight excluding hydrogens is 170 g/mol. The average Bonchev–Trinajstić information content (AvgIpc) is 2.71. The second-order valence-electron chi connectivity index (χ2n) is 2.67. The van der Waals surface area contributed by atoms with Crippen molar-refractivity contribution in [3.05, 3.63) is 17.6 Å². The third-order valence-electron chi connectivity index (χ3n) is 1.83. The van der Waals surface area contributed by atoms with Gasteiger partial charge in [0.25, 0.3) is 0 Å². The highest BCUT2D eigenvalue weighted by atomic mass is 16.6. The maximum Gasteiger partial charge on any atom is 0.143 e. The Kier molecular flexibility index (Phi) is 1.82. The minimum absolute atomic E-state index is 0.309. The first kappa shape index (κ1) is 7.93. The SMILES string of the molecule is Cc1[nH]ncc1-c1nonc1CN. The molecule has 2 aromatic rings. The largest absolute Gasteiger partial charge is 0.325 e. The summed E-state index contributed by atoms with van der Waals surface area (Å²) < 4.78 is 4.59. The van der Waals surface area contributed by atoms with Gasteiger partial charge in [0.1, 0.15) is 11.4 Å². The number of hydrogen-bond acceptors (Lipinski definition) is 5. The summed E-state index contributed by atoms with van der Waals surface area (Å²) in [6.45, 7) is 2.21. The highest BCUT2D eigenvalue weighted by Gasteiger charge is 2.13. The minimum Gasteiger partial charge on any atom is -0.325 e. The molecule has 0 aromatic carbocycles. The van der Waals surface area contributed by atoms with Gasteiger partial charge >= 0.3 is 0 Å². The summed E-state index contributed by atoms with van der Waals surface area (Å²) in [5.41, 5.74) is 8.56. The summed E-state index contributed by atoms with van der Waals surface area (Å²) in [6, 6.07) is 0. The molecular formula is C7H9N5O. The lowest BCUT2D eigenvalue weighted by Crippen LogP contribution is -1.98. The van der Waals surface area contributed by atoms with Gasteiger partial charge in [-0.1, -0.05) is 5.16 Å². The van der Waals surface area contributed by atoms with E-state index < -0.39 is 0 Å². The van der Waals surface area contributed by atoms with Gasteiger partial charge in [0.05, 0.1) is 6.20 Å². The monoisotopic (exact) mass is 179 g/mol. The van der Waals surface area contributed by atoms with Crippen LogP contribution in [0.1, 0.15) is 11.4 Å². The smallest absolute Gasteiger partial charge is 0.143 e. The van der Waals surface area contributed by atoms with Gasteiger partial charge in [-0.15, -0.1) is 0 Å². The number of aryl methyl sites for hydroxylation is 1. The Bertz CT molecular complexity index is 404. The number of nitrogens with one attached hydrogen (secondary N) is 1. The number of aromatic nitrogens is 4. The normalized spacial score (nSPS) is 10.6. The van der Waals surface area contributed by atoms with E-state index in [2.05, 4.69) is 25.1 Å². The fraction of sp³-hybridized carbons (Fsp3) is 0.286. The molecule has 2 aromatic heterocycles. The third-order valence-corrected chi connectivity index (χ3v) is 1.83. The van der Waals surface area contributed by atoms with Crippen LogP contribution >= 0.6 is 0 Å². The predicted octanol–water partition coefficient (Wildman–Crippen LogP) is 0.227. The van der Waals surface area contributed by atoms with Gasteiger partial charge in [0, 0.05) is 17.8 Å². The van der Waals surface area contributed by atoms with Crippen LogP contribution in [-0.4, -0.2) is 20.5 Å². The number of H-pyrrole nitrogens is 1. The minimum atomic E-state index is 0.309. The van der Waals surface area contributed by atoms with E-state index in [0.717, 1.165) is 11.3 Å². The molecule has 3 N–H and O–H groups in total. The lowest BCUT2D eigenvalue weighted by atomic mass is 10.1. The van der Waals surface area contributed by atoms with Gasteiger partial charge in [0.2, 0.25) is 0 Å². The Hall–Kier alpha value is -1.69. The van der Waals surface area contributed by atoms with E-state index in [-0.39, 0.29) is 0 Å². The lowest BCUT2D eigenvalue weighted by molar-refractivity contribution is 0.304. The van der Waals surface area contributed by atoms with Crippen molar-refractivity contribution in [2.45, 2.75) is 13.5 Å². The van der Waals surface area contributed by atoms with E-state index in [4.69, 9.17) is 5.73 Å². The molecule has 0 unspecified atom stereocenters. The van der Waals surface area contributed by atoms with Crippen molar-refractivity contribution in [3.8, 4) is 11.3 Å².